The van der Waals surface area contributed by atoms with E-state index in [4.69, 9.17) is 5.11 Å². The highest BCUT2D eigenvalue weighted by atomic mass is 127. The van der Waals surface area contributed by atoms with Crippen molar-refractivity contribution in [1.29, 1.82) is 0 Å². The summed E-state index contributed by atoms with van der Waals surface area (Å²) < 4.78 is 1.56. The Morgan fingerprint density at radius 1 is 1.08 bits per heavy atom. The molecule has 0 bridgehead atoms. The first kappa shape index (κ1) is 13.0. The van der Waals surface area contributed by atoms with Crippen molar-refractivity contribution >= 4 is 45.2 Å². The second-order valence-corrected chi connectivity index (χ2v) is 5.18. The summed E-state index contributed by atoms with van der Waals surface area (Å²) in [6.45, 7) is 2.22. The summed E-state index contributed by atoms with van der Waals surface area (Å²) in [7, 11) is 0. The van der Waals surface area contributed by atoms with Gasteiger partial charge in [0.05, 0.1) is 0 Å². The van der Waals surface area contributed by atoms with Gasteiger partial charge in [-0.25, -0.2) is 0 Å². The standard InChI is InChI=1S/C9H16I2O/c1-2-3-4-5-6-7-8(10)9(11)12/h12H,2-7H2,1H3/b9-8-. The fourth-order valence-corrected chi connectivity index (χ4v) is 1.64. The molecule has 3 heteroatoms. The fraction of sp³-hybridized carbons (Fsp3) is 0.778. The highest BCUT2D eigenvalue weighted by molar-refractivity contribution is 14.1. The summed E-state index contributed by atoms with van der Waals surface area (Å²) in [5.41, 5.74) is 0. The van der Waals surface area contributed by atoms with Crippen LogP contribution in [-0.2, 0) is 0 Å². The van der Waals surface area contributed by atoms with Crippen LogP contribution in [0, 0.1) is 0 Å². The molecular formula is C9H16I2O. The molecule has 0 fully saturated rings. The van der Waals surface area contributed by atoms with Gasteiger partial charge in [0.1, 0.15) is 0 Å². The molecule has 0 rings (SSSR count). The minimum Gasteiger partial charge on any atom is -0.502 e. The van der Waals surface area contributed by atoms with Crippen molar-refractivity contribution in [3.05, 3.63) is 7.35 Å². The van der Waals surface area contributed by atoms with Gasteiger partial charge in [0.25, 0.3) is 0 Å². The first-order chi connectivity index (χ1) is 5.68. The Morgan fingerprint density at radius 3 is 2.17 bits per heavy atom. The zero-order valence-electron chi connectivity index (χ0n) is 7.45. The monoisotopic (exact) mass is 394 g/mol. The van der Waals surface area contributed by atoms with Crippen LogP contribution in [0.25, 0.3) is 0 Å². The molecule has 0 heterocycles. The van der Waals surface area contributed by atoms with Crippen molar-refractivity contribution in [2.75, 3.05) is 0 Å². The van der Waals surface area contributed by atoms with Crippen molar-refractivity contribution in [3.8, 4) is 0 Å². The lowest BCUT2D eigenvalue weighted by Gasteiger charge is -1.99. The number of allylic oxidation sites excluding steroid dienone is 1. The average molecular weight is 394 g/mol. The van der Waals surface area contributed by atoms with Crippen LogP contribution in [0.1, 0.15) is 45.4 Å². The van der Waals surface area contributed by atoms with Gasteiger partial charge < -0.3 is 5.11 Å². The third-order valence-electron chi connectivity index (χ3n) is 1.72. The smallest absolute Gasteiger partial charge is 0.162 e. The Labute approximate surface area is 102 Å². The third-order valence-corrected chi connectivity index (χ3v) is 4.46. The lowest BCUT2D eigenvalue weighted by molar-refractivity contribution is 0.460. The summed E-state index contributed by atoms with van der Waals surface area (Å²) in [4.78, 5) is 0. The molecule has 0 radical (unpaired) electrons. The van der Waals surface area contributed by atoms with E-state index in [2.05, 4.69) is 29.5 Å². The second kappa shape index (κ2) is 8.59. The number of hydrogen-bond acceptors (Lipinski definition) is 1. The maximum atomic E-state index is 9.08. The van der Waals surface area contributed by atoms with Gasteiger partial charge in [0, 0.05) is 3.58 Å². The SMILES string of the molecule is CCCCCCC/C(I)=C(/O)I. The first-order valence-electron chi connectivity index (χ1n) is 4.41. The molecule has 0 spiro atoms. The Hall–Kier alpha value is 1.00. The van der Waals surface area contributed by atoms with E-state index in [1.54, 1.807) is 0 Å². The molecular weight excluding hydrogens is 378 g/mol. The highest BCUT2D eigenvalue weighted by Crippen LogP contribution is 2.22. The van der Waals surface area contributed by atoms with Crippen LogP contribution in [0.15, 0.2) is 7.35 Å². The quantitative estimate of drug-likeness (QED) is 0.384. The molecule has 0 aromatic rings. The van der Waals surface area contributed by atoms with Gasteiger partial charge >= 0.3 is 0 Å². The maximum absolute atomic E-state index is 9.08. The molecule has 0 aliphatic rings. The van der Waals surface area contributed by atoms with Crippen LogP contribution in [0.4, 0.5) is 0 Å². The van der Waals surface area contributed by atoms with Crippen molar-refractivity contribution in [2.45, 2.75) is 45.4 Å². The molecule has 1 N–H and O–H groups in total. The van der Waals surface area contributed by atoms with E-state index in [1.807, 2.05) is 22.6 Å². The number of unbranched alkanes of at least 4 members (excludes halogenated alkanes) is 4. The van der Waals surface area contributed by atoms with Gasteiger partial charge in [0.15, 0.2) is 3.77 Å². The normalized spacial score (nSPS) is 12.9. The lowest BCUT2D eigenvalue weighted by atomic mass is 10.1. The Balaban J connectivity index is 3.26. The summed E-state index contributed by atoms with van der Waals surface area (Å²) in [6.07, 6.45) is 7.53. The molecule has 0 unspecified atom stereocenters. The molecule has 0 aromatic carbocycles. The van der Waals surface area contributed by atoms with E-state index >= 15 is 0 Å². The Kier molecular flexibility index (Phi) is 9.31. The van der Waals surface area contributed by atoms with E-state index < -0.39 is 0 Å². The van der Waals surface area contributed by atoms with Crippen LogP contribution in [0.2, 0.25) is 0 Å². The molecule has 0 saturated carbocycles. The van der Waals surface area contributed by atoms with Gasteiger partial charge in [0.2, 0.25) is 0 Å². The zero-order chi connectivity index (χ0) is 9.40. The highest BCUT2D eigenvalue weighted by Gasteiger charge is 1.97. The van der Waals surface area contributed by atoms with Gasteiger partial charge in [-0.05, 0) is 58.0 Å². The van der Waals surface area contributed by atoms with E-state index in [-0.39, 0.29) is 0 Å². The van der Waals surface area contributed by atoms with Gasteiger partial charge in [-0.15, -0.1) is 0 Å². The molecule has 72 valence electrons. The largest absolute Gasteiger partial charge is 0.502 e. The minimum atomic E-state index is 0.462. The molecule has 1 nitrogen and oxygen atoms in total. The Morgan fingerprint density at radius 2 is 1.67 bits per heavy atom. The summed E-state index contributed by atoms with van der Waals surface area (Å²) >= 11 is 4.18. The van der Waals surface area contributed by atoms with E-state index in [9.17, 15) is 0 Å². The van der Waals surface area contributed by atoms with Gasteiger partial charge in [-0.1, -0.05) is 32.6 Å². The number of aliphatic hydroxyl groups is 1. The van der Waals surface area contributed by atoms with Crippen LogP contribution < -0.4 is 0 Å². The topological polar surface area (TPSA) is 20.2 Å². The number of halogens is 2. The van der Waals surface area contributed by atoms with Crippen molar-refractivity contribution < 1.29 is 5.11 Å². The summed E-state index contributed by atoms with van der Waals surface area (Å²) in [6, 6.07) is 0. The van der Waals surface area contributed by atoms with E-state index in [1.165, 1.54) is 32.1 Å². The fourth-order valence-electron chi connectivity index (χ4n) is 0.987. The minimum absolute atomic E-state index is 0.462. The predicted octanol–water partition coefficient (Wildman–Crippen LogP) is 4.94. The van der Waals surface area contributed by atoms with E-state index in [0.717, 1.165) is 10.0 Å². The third kappa shape index (κ3) is 7.64. The number of rotatable bonds is 6. The Bertz CT molecular complexity index is 139. The first-order valence-corrected chi connectivity index (χ1v) is 6.57. The summed E-state index contributed by atoms with van der Waals surface area (Å²) in [5, 5.41) is 9.08. The predicted molar refractivity (Wildman–Crippen MR) is 71.1 cm³/mol. The maximum Gasteiger partial charge on any atom is 0.162 e. The van der Waals surface area contributed by atoms with Gasteiger partial charge in [-0.3, -0.25) is 0 Å². The molecule has 0 saturated heterocycles. The molecule has 0 amide bonds. The molecule has 0 aliphatic carbocycles. The van der Waals surface area contributed by atoms with Crippen LogP contribution in [-0.4, -0.2) is 5.11 Å². The summed E-state index contributed by atoms with van der Waals surface area (Å²) in [5.74, 6) is 0. The van der Waals surface area contributed by atoms with Crippen LogP contribution in [0.3, 0.4) is 0 Å². The average Bonchev–Trinajstić information content (AvgIpc) is 2.03. The van der Waals surface area contributed by atoms with Crippen molar-refractivity contribution in [2.24, 2.45) is 0 Å². The zero-order valence-corrected chi connectivity index (χ0v) is 11.8. The van der Waals surface area contributed by atoms with Crippen LogP contribution in [0.5, 0.6) is 0 Å². The molecule has 12 heavy (non-hydrogen) atoms. The van der Waals surface area contributed by atoms with Crippen LogP contribution >= 0.6 is 45.2 Å². The second-order valence-electron chi connectivity index (χ2n) is 2.86. The van der Waals surface area contributed by atoms with Crippen molar-refractivity contribution in [1.82, 2.24) is 0 Å². The number of hydrogen-bond donors (Lipinski definition) is 1. The van der Waals surface area contributed by atoms with Crippen molar-refractivity contribution in [3.63, 3.8) is 0 Å². The number of aliphatic hydroxyl groups excluding tert-OH is 1. The molecule has 0 atom stereocenters. The molecule has 0 aromatic heterocycles. The molecule has 0 aliphatic heterocycles. The van der Waals surface area contributed by atoms with Gasteiger partial charge in [-0.2, -0.15) is 0 Å². The lowest BCUT2D eigenvalue weighted by Crippen LogP contribution is -1.80. The van der Waals surface area contributed by atoms with E-state index in [0.29, 0.717) is 3.77 Å².